The molecule has 0 saturated carbocycles. The van der Waals surface area contributed by atoms with Gasteiger partial charge in [-0.15, -0.1) is 0 Å². The number of rotatable bonds is 7. The minimum Gasteiger partial charge on any atom is -0.497 e. The summed E-state index contributed by atoms with van der Waals surface area (Å²) in [6.07, 6.45) is 3.01. The summed E-state index contributed by atoms with van der Waals surface area (Å²) in [6.45, 7) is 1.54. The van der Waals surface area contributed by atoms with Crippen LogP contribution in [0.15, 0.2) is 53.3 Å². The number of halogens is 1. The Balaban J connectivity index is 1.35. The van der Waals surface area contributed by atoms with Crippen LogP contribution < -0.4 is 19.7 Å². The van der Waals surface area contributed by atoms with Crippen molar-refractivity contribution in [3.63, 3.8) is 0 Å². The molecule has 2 aromatic heterocycles. The number of carbonyl (C=O) groups is 1. The maximum Gasteiger partial charge on any atom is 0.263 e. The highest BCUT2D eigenvalue weighted by Crippen LogP contribution is 2.35. The van der Waals surface area contributed by atoms with E-state index in [-0.39, 0.29) is 17.6 Å². The van der Waals surface area contributed by atoms with Crippen molar-refractivity contribution in [2.45, 2.75) is 19.4 Å². The molecule has 0 spiro atoms. The number of ether oxygens (including phenoxy) is 2. The molecular formula is C26H26FN5O4. The maximum absolute atomic E-state index is 13.5. The van der Waals surface area contributed by atoms with E-state index in [1.807, 2.05) is 18.2 Å². The van der Waals surface area contributed by atoms with E-state index < -0.39 is 0 Å². The summed E-state index contributed by atoms with van der Waals surface area (Å²) in [5.74, 6) is 1.42. The van der Waals surface area contributed by atoms with Crippen LogP contribution in [0.4, 0.5) is 10.2 Å². The van der Waals surface area contributed by atoms with Crippen molar-refractivity contribution in [1.82, 2.24) is 20.4 Å². The highest BCUT2D eigenvalue weighted by Gasteiger charge is 2.29. The van der Waals surface area contributed by atoms with Crippen LogP contribution in [-0.4, -0.2) is 48.3 Å². The Labute approximate surface area is 207 Å². The zero-order chi connectivity index (χ0) is 25.1. The predicted octanol–water partition coefficient (Wildman–Crippen LogP) is 3.97. The first-order valence-corrected chi connectivity index (χ1v) is 11.7. The molecule has 0 aliphatic carbocycles. The van der Waals surface area contributed by atoms with Crippen LogP contribution in [0.25, 0.3) is 22.4 Å². The summed E-state index contributed by atoms with van der Waals surface area (Å²) in [4.78, 5) is 23.9. The highest BCUT2D eigenvalue weighted by atomic mass is 19.1. The number of hydrogen-bond donors (Lipinski definition) is 1. The molecule has 1 atom stereocenters. The smallest absolute Gasteiger partial charge is 0.263 e. The Morgan fingerprint density at radius 2 is 2.00 bits per heavy atom. The van der Waals surface area contributed by atoms with Crippen molar-refractivity contribution in [2.75, 3.05) is 32.2 Å². The Kier molecular flexibility index (Phi) is 6.66. The van der Waals surface area contributed by atoms with Gasteiger partial charge in [-0.2, -0.15) is 4.98 Å². The SMILES string of the molecule is COc1ccc(OC)c(CNC(=O)[C@@H]2CCCN(c3ncnc4onc(-c5ccc(F)cc5)c34)C2)c1. The van der Waals surface area contributed by atoms with Gasteiger partial charge in [0.1, 0.15) is 40.5 Å². The Hall–Kier alpha value is -4.21. The third-order valence-corrected chi connectivity index (χ3v) is 6.40. The number of aromatic nitrogens is 3. The normalized spacial score (nSPS) is 15.6. The van der Waals surface area contributed by atoms with Gasteiger partial charge in [0.05, 0.1) is 20.1 Å². The lowest BCUT2D eigenvalue weighted by molar-refractivity contribution is -0.125. The number of piperidine rings is 1. The van der Waals surface area contributed by atoms with E-state index in [0.717, 1.165) is 24.9 Å². The Morgan fingerprint density at radius 3 is 2.78 bits per heavy atom. The van der Waals surface area contributed by atoms with Crippen LogP contribution in [0.5, 0.6) is 11.5 Å². The molecule has 0 unspecified atom stereocenters. The van der Waals surface area contributed by atoms with Crippen molar-refractivity contribution in [2.24, 2.45) is 5.92 Å². The third kappa shape index (κ3) is 4.66. The average Bonchev–Trinajstić information content (AvgIpc) is 3.36. The molecule has 186 valence electrons. The summed E-state index contributed by atoms with van der Waals surface area (Å²) in [7, 11) is 3.20. The molecule has 1 fully saturated rings. The van der Waals surface area contributed by atoms with E-state index in [1.165, 1.54) is 18.5 Å². The van der Waals surface area contributed by atoms with E-state index in [9.17, 15) is 9.18 Å². The molecule has 10 heteroatoms. The van der Waals surface area contributed by atoms with Crippen molar-refractivity contribution >= 4 is 22.8 Å². The van der Waals surface area contributed by atoms with Crippen LogP contribution in [0.2, 0.25) is 0 Å². The number of methoxy groups -OCH3 is 2. The first-order chi connectivity index (χ1) is 17.6. The Bertz CT molecular complexity index is 1370. The molecule has 3 heterocycles. The molecule has 1 saturated heterocycles. The number of amides is 1. The van der Waals surface area contributed by atoms with Crippen molar-refractivity contribution in [1.29, 1.82) is 0 Å². The van der Waals surface area contributed by atoms with Gasteiger partial charge in [0.15, 0.2) is 0 Å². The fourth-order valence-corrected chi connectivity index (χ4v) is 4.55. The average molecular weight is 492 g/mol. The zero-order valence-corrected chi connectivity index (χ0v) is 20.0. The van der Waals surface area contributed by atoms with E-state index in [0.29, 0.717) is 52.8 Å². The van der Waals surface area contributed by atoms with Crippen molar-refractivity contribution in [3.8, 4) is 22.8 Å². The summed E-state index contributed by atoms with van der Waals surface area (Å²) in [5, 5.41) is 7.86. The molecule has 4 aromatic rings. The molecule has 2 aromatic carbocycles. The zero-order valence-electron chi connectivity index (χ0n) is 20.0. The lowest BCUT2D eigenvalue weighted by Gasteiger charge is -2.33. The molecule has 36 heavy (non-hydrogen) atoms. The van der Waals surface area contributed by atoms with E-state index in [4.69, 9.17) is 14.0 Å². The number of anilines is 1. The second kappa shape index (κ2) is 10.2. The first-order valence-electron chi connectivity index (χ1n) is 11.7. The number of benzene rings is 2. The van der Waals surface area contributed by atoms with Gasteiger partial charge >= 0.3 is 0 Å². The van der Waals surface area contributed by atoms with Gasteiger partial charge in [-0.1, -0.05) is 5.16 Å². The van der Waals surface area contributed by atoms with Gasteiger partial charge in [-0.25, -0.2) is 9.37 Å². The molecule has 9 nitrogen and oxygen atoms in total. The summed E-state index contributed by atoms with van der Waals surface area (Å²) in [5.41, 5.74) is 2.42. The first kappa shape index (κ1) is 23.5. The minimum absolute atomic E-state index is 0.0426. The largest absolute Gasteiger partial charge is 0.497 e. The standard InChI is InChI=1S/C26H26FN5O4/c1-34-20-9-10-21(35-2)18(12-20)13-28-25(33)17-4-3-11-32(14-17)24-22-23(16-5-7-19(27)8-6-16)31-36-26(22)30-15-29-24/h5-10,12,15,17H,3-4,11,13-14H2,1-2H3,(H,28,33)/t17-/m1/s1. The fraction of sp³-hybridized carbons (Fsp3) is 0.308. The van der Waals surface area contributed by atoms with Crippen molar-refractivity contribution < 1.29 is 23.2 Å². The van der Waals surface area contributed by atoms with Crippen LogP contribution >= 0.6 is 0 Å². The van der Waals surface area contributed by atoms with E-state index in [1.54, 1.807) is 26.4 Å². The second-order valence-corrected chi connectivity index (χ2v) is 8.60. The van der Waals surface area contributed by atoms with Gasteiger partial charge in [0.2, 0.25) is 5.91 Å². The van der Waals surface area contributed by atoms with Gasteiger partial charge in [0.25, 0.3) is 5.71 Å². The lowest BCUT2D eigenvalue weighted by Crippen LogP contribution is -2.43. The van der Waals surface area contributed by atoms with Gasteiger partial charge < -0.3 is 24.2 Å². The number of hydrogen-bond acceptors (Lipinski definition) is 8. The summed E-state index contributed by atoms with van der Waals surface area (Å²) < 4.78 is 29.6. The summed E-state index contributed by atoms with van der Waals surface area (Å²) in [6, 6.07) is 11.5. The van der Waals surface area contributed by atoms with Crippen LogP contribution in [0.3, 0.4) is 0 Å². The molecule has 0 radical (unpaired) electrons. The minimum atomic E-state index is -0.334. The van der Waals surface area contributed by atoms with Gasteiger partial charge in [-0.3, -0.25) is 4.79 Å². The summed E-state index contributed by atoms with van der Waals surface area (Å²) >= 11 is 0. The van der Waals surface area contributed by atoms with E-state index >= 15 is 0 Å². The maximum atomic E-state index is 13.5. The highest BCUT2D eigenvalue weighted by molar-refractivity contribution is 5.98. The lowest BCUT2D eigenvalue weighted by atomic mass is 9.96. The topological polar surface area (TPSA) is 103 Å². The quantitative estimate of drug-likeness (QED) is 0.414. The van der Waals surface area contributed by atoms with Gasteiger partial charge in [0, 0.05) is 30.8 Å². The van der Waals surface area contributed by atoms with Crippen LogP contribution in [0, 0.1) is 11.7 Å². The number of carbonyl (C=O) groups excluding carboxylic acids is 1. The van der Waals surface area contributed by atoms with Gasteiger partial charge in [-0.05, 0) is 55.3 Å². The van der Waals surface area contributed by atoms with E-state index in [2.05, 4.69) is 25.3 Å². The molecule has 1 amide bonds. The molecule has 5 rings (SSSR count). The number of nitrogens with one attached hydrogen (secondary N) is 1. The number of nitrogens with zero attached hydrogens (tertiary/aromatic N) is 4. The van der Waals surface area contributed by atoms with Crippen LogP contribution in [-0.2, 0) is 11.3 Å². The molecule has 1 N–H and O–H groups in total. The van der Waals surface area contributed by atoms with Crippen LogP contribution in [0.1, 0.15) is 18.4 Å². The second-order valence-electron chi connectivity index (χ2n) is 8.60. The molecular weight excluding hydrogens is 465 g/mol. The van der Waals surface area contributed by atoms with Crippen molar-refractivity contribution in [3.05, 3.63) is 60.2 Å². The molecule has 1 aliphatic rings. The fourth-order valence-electron chi connectivity index (χ4n) is 4.55. The number of fused-ring (bicyclic) bond motifs is 1. The monoisotopic (exact) mass is 491 g/mol. The third-order valence-electron chi connectivity index (χ3n) is 6.40. The molecule has 0 bridgehead atoms. The molecule has 1 aliphatic heterocycles. The Morgan fingerprint density at radius 1 is 1.17 bits per heavy atom. The predicted molar refractivity (Wildman–Crippen MR) is 131 cm³/mol.